The molecule has 2 aliphatic carbocycles. The lowest BCUT2D eigenvalue weighted by atomic mass is 9.80. The molecule has 3 unspecified atom stereocenters. The first kappa shape index (κ1) is 9.51. The van der Waals surface area contributed by atoms with Crippen LogP contribution in [0.4, 0.5) is 0 Å². The fourth-order valence-electron chi connectivity index (χ4n) is 3.38. The maximum Gasteiger partial charge on any atom is 0.0124 e. The summed E-state index contributed by atoms with van der Waals surface area (Å²) in [6.07, 6.45) is 7.50. The lowest BCUT2D eigenvalue weighted by molar-refractivity contribution is 0.240. The minimum absolute atomic E-state index is 0.356. The largest absolute Gasteiger partial charge is 0.315 e. The van der Waals surface area contributed by atoms with Gasteiger partial charge in [0.2, 0.25) is 0 Å². The molecule has 2 aliphatic rings. The molecule has 2 saturated carbocycles. The van der Waals surface area contributed by atoms with Crippen LogP contribution in [-0.2, 0) is 0 Å². The van der Waals surface area contributed by atoms with E-state index in [-0.39, 0.29) is 0 Å². The predicted molar refractivity (Wildman–Crippen MR) is 56.7 cm³/mol. The summed E-state index contributed by atoms with van der Waals surface area (Å²) in [6.45, 7) is 4.66. The Balaban J connectivity index is 1.89. The first-order valence-corrected chi connectivity index (χ1v) is 5.79. The molecular weight excluding hydrogens is 158 g/mol. The van der Waals surface area contributed by atoms with Crippen molar-refractivity contribution in [1.82, 2.24) is 5.32 Å². The van der Waals surface area contributed by atoms with Gasteiger partial charge in [-0.3, -0.25) is 0 Å². The summed E-state index contributed by atoms with van der Waals surface area (Å²) >= 11 is 0. The lowest BCUT2D eigenvalue weighted by Gasteiger charge is -2.31. The van der Waals surface area contributed by atoms with Crippen LogP contribution in [0.15, 0.2) is 0 Å². The van der Waals surface area contributed by atoms with Gasteiger partial charge < -0.3 is 5.32 Å². The second-order valence-electron chi connectivity index (χ2n) is 5.77. The highest BCUT2D eigenvalue weighted by atomic mass is 14.9. The predicted octanol–water partition coefficient (Wildman–Crippen LogP) is 2.81. The number of nitrogens with one attached hydrogen (secondary N) is 1. The molecule has 2 rings (SSSR count). The number of hydrogen-bond donors (Lipinski definition) is 1. The molecule has 0 spiro atoms. The second-order valence-corrected chi connectivity index (χ2v) is 5.77. The Bertz CT molecular complexity index is 186. The maximum absolute atomic E-state index is 3.43. The normalized spacial score (nSPS) is 38.5. The molecule has 3 atom stereocenters. The van der Waals surface area contributed by atoms with E-state index in [4.69, 9.17) is 0 Å². The third kappa shape index (κ3) is 1.90. The maximum atomic E-state index is 3.43. The van der Waals surface area contributed by atoms with Gasteiger partial charge in [-0.1, -0.05) is 6.42 Å². The van der Waals surface area contributed by atoms with Crippen LogP contribution in [0.1, 0.15) is 46.0 Å². The molecule has 2 bridgehead atoms. The fraction of sp³-hybridized carbons (Fsp3) is 1.00. The SMILES string of the molecule is CNC(C)(C)CC1CC2CCC1C2. The van der Waals surface area contributed by atoms with Crippen molar-refractivity contribution < 1.29 is 0 Å². The van der Waals surface area contributed by atoms with Gasteiger partial charge >= 0.3 is 0 Å². The van der Waals surface area contributed by atoms with E-state index in [0.29, 0.717) is 5.54 Å². The summed E-state index contributed by atoms with van der Waals surface area (Å²) in [5.74, 6) is 3.21. The van der Waals surface area contributed by atoms with E-state index in [9.17, 15) is 0 Å². The van der Waals surface area contributed by atoms with E-state index in [1.54, 1.807) is 6.42 Å². The van der Waals surface area contributed by atoms with Crippen LogP contribution in [0, 0.1) is 17.8 Å². The zero-order valence-corrected chi connectivity index (χ0v) is 9.27. The molecule has 0 amide bonds. The number of rotatable bonds is 3. The minimum atomic E-state index is 0.356. The Hall–Kier alpha value is -0.0400. The van der Waals surface area contributed by atoms with Crippen molar-refractivity contribution in [3.8, 4) is 0 Å². The van der Waals surface area contributed by atoms with Gasteiger partial charge in [0.05, 0.1) is 0 Å². The third-order valence-electron chi connectivity index (χ3n) is 4.33. The van der Waals surface area contributed by atoms with Gasteiger partial charge in [0.15, 0.2) is 0 Å². The molecular formula is C12H23N. The van der Waals surface area contributed by atoms with E-state index >= 15 is 0 Å². The molecule has 0 radical (unpaired) electrons. The van der Waals surface area contributed by atoms with Gasteiger partial charge in [0.1, 0.15) is 0 Å². The van der Waals surface area contributed by atoms with Crippen LogP contribution in [0.2, 0.25) is 0 Å². The number of hydrogen-bond acceptors (Lipinski definition) is 1. The summed E-state index contributed by atoms with van der Waals surface area (Å²) in [6, 6.07) is 0. The first-order valence-electron chi connectivity index (χ1n) is 5.79. The van der Waals surface area contributed by atoms with Crippen LogP contribution in [0.5, 0.6) is 0 Å². The van der Waals surface area contributed by atoms with Crippen molar-refractivity contribution in [1.29, 1.82) is 0 Å². The van der Waals surface area contributed by atoms with Crippen molar-refractivity contribution in [3.05, 3.63) is 0 Å². The summed E-state index contributed by atoms with van der Waals surface area (Å²) in [7, 11) is 2.09. The molecule has 1 N–H and O–H groups in total. The molecule has 0 aliphatic heterocycles. The second kappa shape index (κ2) is 3.27. The summed E-state index contributed by atoms with van der Waals surface area (Å²) in [4.78, 5) is 0. The molecule has 0 saturated heterocycles. The molecule has 2 fully saturated rings. The standard InChI is InChI=1S/C12H23N/c1-12(2,13-3)8-11-7-9-4-5-10(11)6-9/h9-11,13H,4-8H2,1-3H3. The van der Waals surface area contributed by atoms with E-state index < -0.39 is 0 Å². The monoisotopic (exact) mass is 181 g/mol. The van der Waals surface area contributed by atoms with Crippen LogP contribution < -0.4 is 5.32 Å². The highest BCUT2D eigenvalue weighted by Gasteiger charge is 2.41. The van der Waals surface area contributed by atoms with E-state index in [1.165, 1.54) is 25.7 Å². The molecule has 1 nitrogen and oxygen atoms in total. The van der Waals surface area contributed by atoms with Gasteiger partial charge in [-0.2, -0.15) is 0 Å². The molecule has 0 aromatic rings. The Morgan fingerprint density at radius 3 is 2.46 bits per heavy atom. The smallest absolute Gasteiger partial charge is 0.0124 e. The molecule has 1 heteroatoms. The van der Waals surface area contributed by atoms with E-state index in [0.717, 1.165) is 17.8 Å². The van der Waals surface area contributed by atoms with E-state index in [1.807, 2.05) is 0 Å². The van der Waals surface area contributed by atoms with Gasteiger partial charge in [0.25, 0.3) is 0 Å². The molecule has 0 heterocycles. The highest BCUT2D eigenvalue weighted by Crippen LogP contribution is 2.50. The summed E-state index contributed by atoms with van der Waals surface area (Å²) in [5.41, 5.74) is 0.356. The van der Waals surface area contributed by atoms with Crippen LogP contribution >= 0.6 is 0 Å². The van der Waals surface area contributed by atoms with Gasteiger partial charge in [0, 0.05) is 5.54 Å². The van der Waals surface area contributed by atoms with Crippen molar-refractivity contribution in [2.45, 2.75) is 51.5 Å². The zero-order valence-electron chi connectivity index (χ0n) is 9.27. The Morgan fingerprint density at radius 1 is 1.23 bits per heavy atom. The fourth-order valence-corrected chi connectivity index (χ4v) is 3.38. The molecule has 76 valence electrons. The number of fused-ring (bicyclic) bond motifs is 2. The molecule has 0 aromatic carbocycles. The summed E-state index contributed by atoms with van der Waals surface area (Å²) < 4.78 is 0. The van der Waals surface area contributed by atoms with Crippen LogP contribution in [-0.4, -0.2) is 12.6 Å². The average Bonchev–Trinajstić information content (AvgIpc) is 2.64. The van der Waals surface area contributed by atoms with Crippen molar-refractivity contribution in [2.24, 2.45) is 17.8 Å². The minimum Gasteiger partial charge on any atom is -0.315 e. The average molecular weight is 181 g/mol. The Kier molecular flexibility index (Phi) is 2.39. The van der Waals surface area contributed by atoms with Crippen molar-refractivity contribution in [3.63, 3.8) is 0 Å². The topological polar surface area (TPSA) is 12.0 Å². The van der Waals surface area contributed by atoms with Crippen molar-refractivity contribution >= 4 is 0 Å². The van der Waals surface area contributed by atoms with Crippen LogP contribution in [0.25, 0.3) is 0 Å². The van der Waals surface area contributed by atoms with Crippen molar-refractivity contribution in [2.75, 3.05) is 7.05 Å². The summed E-state index contributed by atoms with van der Waals surface area (Å²) in [5, 5.41) is 3.43. The molecule has 13 heavy (non-hydrogen) atoms. The van der Waals surface area contributed by atoms with Crippen LogP contribution in [0.3, 0.4) is 0 Å². The first-order chi connectivity index (χ1) is 6.11. The van der Waals surface area contributed by atoms with Gasteiger partial charge in [-0.05, 0) is 64.3 Å². The quantitative estimate of drug-likeness (QED) is 0.706. The zero-order chi connectivity index (χ0) is 9.47. The Labute approximate surface area is 82.3 Å². The van der Waals surface area contributed by atoms with E-state index in [2.05, 4.69) is 26.2 Å². The third-order valence-corrected chi connectivity index (χ3v) is 4.33. The lowest BCUT2D eigenvalue weighted by Crippen LogP contribution is -2.39. The van der Waals surface area contributed by atoms with Gasteiger partial charge in [-0.25, -0.2) is 0 Å². The molecule has 0 aromatic heterocycles. The highest BCUT2D eigenvalue weighted by molar-refractivity contribution is 4.93. The Morgan fingerprint density at radius 2 is 2.00 bits per heavy atom. The van der Waals surface area contributed by atoms with Gasteiger partial charge in [-0.15, -0.1) is 0 Å².